The SMILES string of the molecule is Cc1nc(C(=O)Nc2ccc(Cl)cn2)c(C(=O)O)s1. The number of thiazole rings is 1. The maximum Gasteiger partial charge on any atom is 0.348 e. The number of anilines is 1. The number of amides is 1. The molecule has 0 fully saturated rings. The first-order valence-electron chi connectivity index (χ1n) is 5.11. The highest BCUT2D eigenvalue weighted by molar-refractivity contribution is 7.13. The molecule has 0 unspecified atom stereocenters. The molecule has 19 heavy (non-hydrogen) atoms. The molecule has 8 heteroatoms. The quantitative estimate of drug-likeness (QED) is 0.908. The van der Waals surface area contributed by atoms with Gasteiger partial charge in [0, 0.05) is 6.20 Å². The normalized spacial score (nSPS) is 10.2. The van der Waals surface area contributed by atoms with Crippen LogP contribution in [-0.4, -0.2) is 27.0 Å². The van der Waals surface area contributed by atoms with Crippen molar-refractivity contribution in [2.75, 3.05) is 5.32 Å². The van der Waals surface area contributed by atoms with E-state index >= 15 is 0 Å². The number of carboxylic acids is 1. The number of aromatic carboxylic acids is 1. The Morgan fingerprint density at radius 3 is 2.74 bits per heavy atom. The Bertz CT molecular complexity index is 639. The molecule has 0 saturated heterocycles. The fraction of sp³-hybridized carbons (Fsp3) is 0.0909. The number of carbonyl (C=O) groups excluding carboxylic acids is 1. The summed E-state index contributed by atoms with van der Waals surface area (Å²) in [7, 11) is 0. The first-order chi connectivity index (χ1) is 8.97. The topological polar surface area (TPSA) is 92.2 Å². The van der Waals surface area contributed by atoms with Crippen molar-refractivity contribution in [3.63, 3.8) is 0 Å². The molecule has 0 saturated carbocycles. The van der Waals surface area contributed by atoms with Gasteiger partial charge in [-0.25, -0.2) is 14.8 Å². The van der Waals surface area contributed by atoms with Crippen LogP contribution in [0.1, 0.15) is 25.2 Å². The van der Waals surface area contributed by atoms with Crippen LogP contribution in [-0.2, 0) is 0 Å². The Morgan fingerprint density at radius 1 is 1.42 bits per heavy atom. The minimum absolute atomic E-state index is 0.0936. The summed E-state index contributed by atoms with van der Waals surface area (Å²) in [6.45, 7) is 1.63. The number of halogens is 1. The summed E-state index contributed by atoms with van der Waals surface area (Å²) >= 11 is 6.62. The van der Waals surface area contributed by atoms with E-state index in [0.29, 0.717) is 10.0 Å². The molecule has 2 N–H and O–H groups in total. The van der Waals surface area contributed by atoms with E-state index in [9.17, 15) is 9.59 Å². The predicted octanol–water partition coefficient (Wildman–Crippen LogP) is 2.45. The van der Waals surface area contributed by atoms with E-state index in [2.05, 4.69) is 15.3 Å². The van der Waals surface area contributed by atoms with Gasteiger partial charge in [0.2, 0.25) is 0 Å². The average molecular weight is 298 g/mol. The van der Waals surface area contributed by atoms with Crippen LogP contribution in [0.4, 0.5) is 5.82 Å². The number of rotatable bonds is 3. The molecule has 2 aromatic heterocycles. The minimum atomic E-state index is -1.18. The smallest absolute Gasteiger partial charge is 0.348 e. The summed E-state index contributed by atoms with van der Waals surface area (Å²) in [6.07, 6.45) is 1.38. The predicted molar refractivity (Wildman–Crippen MR) is 71.0 cm³/mol. The summed E-state index contributed by atoms with van der Waals surface area (Å²) in [5.74, 6) is -1.52. The Balaban J connectivity index is 2.25. The van der Waals surface area contributed by atoms with E-state index in [1.54, 1.807) is 13.0 Å². The van der Waals surface area contributed by atoms with Gasteiger partial charge in [0.15, 0.2) is 5.69 Å². The lowest BCUT2D eigenvalue weighted by molar-refractivity contribution is 0.0697. The van der Waals surface area contributed by atoms with Crippen LogP contribution in [0.3, 0.4) is 0 Å². The van der Waals surface area contributed by atoms with Crippen LogP contribution in [0, 0.1) is 6.92 Å². The van der Waals surface area contributed by atoms with Crippen molar-refractivity contribution >= 4 is 40.6 Å². The summed E-state index contributed by atoms with van der Waals surface area (Å²) in [4.78, 5) is 30.6. The van der Waals surface area contributed by atoms with Crippen LogP contribution in [0.2, 0.25) is 5.02 Å². The van der Waals surface area contributed by atoms with Gasteiger partial charge in [-0.3, -0.25) is 4.79 Å². The van der Waals surface area contributed by atoms with Gasteiger partial charge >= 0.3 is 5.97 Å². The standard InChI is InChI=1S/C11H8ClN3O3S/c1-5-14-8(9(19-5)11(17)18)10(16)15-7-3-2-6(12)4-13-7/h2-4H,1H3,(H,17,18)(H,13,15,16). The third-order valence-electron chi connectivity index (χ3n) is 2.11. The summed E-state index contributed by atoms with van der Waals surface area (Å²) in [6, 6.07) is 3.08. The molecule has 0 bridgehead atoms. The molecule has 0 radical (unpaired) electrons. The third kappa shape index (κ3) is 3.07. The molecular formula is C11H8ClN3O3S. The number of carbonyl (C=O) groups is 2. The fourth-order valence-electron chi connectivity index (χ4n) is 1.35. The lowest BCUT2D eigenvalue weighted by atomic mass is 10.3. The van der Waals surface area contributed by atoms with Crippen molar-refractivity contribution in [3.8, 4) is 0 Å². The summed E-state index contributed by atoms with van der Waals surface area (Å²) in [5.41, 5.74) is -0.119. The molecule has 0 spiro atoms. The number of hydrogen-bond donors (Lipinski definition) is 2. The third-order valence-corrected chi connectivity index (χ3v) is 3.29. The second-order valence-electron chi connectivity index (χ2n) is 3.53. The number of carboxylic acid groups (broad SMARTS) is 1. The first-order valence-corrected chi connectivity index (χ1v) is 6.30. The lowest BCUT2D eigenvalue weighted by Crippen LogP contribution is -2.16. The first kappa shape index (κ1) is 13.4. The van der Waals surface area contributed by atoms with Crippen molar-refractivity contribution in [2.24, 2.45) is 0 Å². The monoisotopic (exact) mass is 297 g/mol. The van der Waals surface area contributed by atoms with E-state index in [0.717, 1.165) is 11.3 Å². The number of pyridine rings is 1. The van der Waals surface area contributed by atoms with Crippen molar-refractivity contribution in [2.45, 2.75) is 6.92 Å². The Hall–Kier alpha value is -1.99. The zero-order chi connectivity index (χ0) is 14.0. The van der Waals surface area contributed by atoms with E-state index in [-0.39, 0.29) is 16.4 Å². The van der Waals surface area contributed by atoms with Crippen LogP contribution in [0.15, 0.2) is 18.3 Å². The minimum Gasteiger partial charge on any atom is -0.477 e. The molecule has 1 amide bonds. The van der Waals surface area contributed by atoms with Crippen LogP contribution in [0.25, 0.3) is 0 Å². The van der Waals surface area contributed by atoms with Gasteiger partial charge < -0.3 is 10.4 Å². The summed E-state index contributed by atoms with van der Waals surface area (Å²) < 4.78 is 0. The molecule has 2 aromatic rings. The molecule has 2 heterocycles. The molecule has 98 valence electrons. The van der Waals surface area contributed by atoms with Gasteiger partial charge in [0.05, 0.1) is 10.0 Å². The highest BCUT2D eigenvalue weighted by Crippen LogP contribution is 2.19. The molecule has 0 aliphatic rings. The maximum atomic E-state index is 11.9. The van der Waals surface area contributed by atoms with Gasteiger partial charge in [-0.15, -0.1) is 11.3 Å². The molecule has 6 nitrogen and oxygen atoms in total. The van der Waals surface area contributed by atoms with Gasteiger partial charge in [0.1, 0.15) is 10.7 Å². The van der Waals surface area contributed by atoms with Crippen LogP contribution >= 0.6 is 22.9 Å². The second kappa shape index (κ2) is 5.33. The Labute approximate surface area is 117 Å². The molecule has 0 aromatic carbocycles. The van der Waals surface area contributed by atoms with Crippen molar-refractivity contribution in [1.82, 2.24) is 9.97 Å². The van der Waals surface area contributed by atoms with Crippen molar-refractivity contribution in [1.29, 1.82) is 0 Å². The van der Waals surface area contributed by atoms with Crippen LogP contribution in [0.5, 0.6) is 0 Å². The van der Waals surface area contributed by atoms with Crippen molar-refractivity contribution in [3.05, 3.63) is 38.9 Å². The number of hydrogen-bond acceptors (Lipinski definition) is 5. The summed E-state index contributed by atoms with van der Waals surface area (Å²) in [5, 5.41) is 12.4. The number of nitrogens with zero attached hydrogens (tertiary/aromatic N) is 2. The van der Waals surface area contributed by atoms with E-state index in [1.165, 1.54) is 12.3 Å². The highest BCUT2D eigenvalue weighted by Gasteiger charge is 2.22. The van der Waals surface area contributed by atoms with Crippen molar-refractivity contribution < 1.29 is 14.7 Å². The van der Waals surface area contributed by atoms with Gasteiger partial charge in [-0.05, 0) is 19.1 Å². The zero-order valence-corrected chi connectivity index (χ0v) is 11.2. The van der Waals surface area contributed by atoms with Gasteiger partial charge in [0.25, 0.3) is 5.91 Å². The molecule has 0 aliphatic heterocycles. The van der Waals surface area contributed by atoms with Gasteiger partial charge in [-0.1, -0.05) is 11.6 Å². The number of aryl methyl sites for hydroxylation is 1. The van der Waals surface area contributed by atoms with Crippen LogP contribution < -0.4 is 5.32 Å². The zero-order valence-electron chi connectivity index (χ0n) is 9.68. The van der Waals surface area contributed by atoms with E-state index in [4.69, 9.17) is 16.7 Å². The molecule has 0 atom stereocenters. The average Bonchev–Trinajstić information content (AvgIpc) is 2.74. The second-order valence-corrected chi connectivity index (χ2v) is 5.17. The highest BCUT2D eigenvalue weighted by atomic mass is 35.5. The number of aromatic nitrogens is 2. The van der Waals surface area contributed by atoms with E-state index in [1.807, 2.05) is 0 Å². The lowest BCUT2D eigenvalue weighted by Gasteiger charge is -2.02. The largest absolute Gasteiger partial charge is 0.477 e. The van der Waals surface area contributed by atoms with Gasteiger partial charge in [-0.2, -0.15) is 0 Å². The molecule has 2 rings (SSSR count). The number of nitrogens with one attached hydrogen (secondary N) is 1. The molecule has 0 aliphatic carbocycles. The molecular weight excluding hydrogens is 290 g/mol. The van der Waals surface area contributed by atoms with E-state index < -0.39 is 11.9 Å². The Kier molecular flexibility index (Phi) is 3.77. The fourth-order valence-corrected chi connectivity index (χ4v) is 2.22. The maximum absolute atomic E-state index is 11.9. The Morgan fingerprint density at radius 2 is 2.16 bits per heavy atom.